The van der Waals surface area contributed by atoms with Crippen molar-refractivity contribution in [3.63, 3.8) is 0 Å². The number of hydrogen-bond acceptors (Lipinski definition) is 3. The summed E-state index contributed by atoms with van der Waals surface area (Å²) in [4.78, 5) is 0. The van der Waals surface area contributed by atoms with E-state index < -0.39 is 9.84 Å². The van der Waals surface area contributed by atoms with E-state index >= 15 is 0 Å². The summed E-state index contributed by atoms with van der Waals surface area (Å²) in [5.74, 6) is 0.0810. The number of rotatable bonds is 4. The Morgan fingerprint density at radius 1 is 1.29 bits per heavy atom. The highest BCUT2D eigenvalue weighted by Gasteiger charge is 2.18. The molecule has 1 aromatic carbocycles. The zero-order valence-corrected chi connectivity index (χ0v) is 13.9. The summed E-state index contributed by atoms with van der Waals surface area (Å²) in [5, 5.41) is 3.03. The van der Waals surface area contributed by atoms with Crippen LogP contribution in [0.1, 0.15) is 17.2 Å². The Labute approximate surface area is 119 Å². The number of halogens is 2. The highest BCUT2D eigenvalue weighted by molar-refractivity contribution is 9.11. The first-order valence-electron chi connectivity index (χ1n) is 5.05. The molecule has 1 rings (SSSR count). The molecule has 0 aliphatic heterocycles. The van der Waals surface area contributed by atoms with E-state index in [2.05, 4.69) is 37.2 Å². The summed E-state index contributed by atoms with van der Waals surface area (Å²) in [7, 11) is -1.26. The van der Waals surface area contributed by atoms with Gasteiger partial charge in [-0.1, -0.05) is 31.9 Å². The molecule has 1 unspecified atom stereocenters. The van der Waals surface area contributed by atoms with Gasteiger partial charge < -0.3 is 5.32 Å². The molecule has 0 saturated carbocycles. The minimum atomic E-state index is -3.02. The molecule has 6 heteroatoms. The molecule has 17 heavy (non-hydrogen) atoms. The molecule has 0 saturated heterocycles. The summed E-state index contributed by atoms with van der Waals surface area (Å²) in [6.07, 6.45) is 1.24. The van der Waals surface area contributed by atoms with Crippen LogP contribution in [0.15, 0.2) is 21.1 Å². The van der Waals surface area contributed by atoms with E-state index in [1.54, 1.807) is 7.05 Å². The van der Waals surface area contributed by atoms with Gasteiger partial charge >= 0.3 is 0 Å². The maximum absolute atomic E-state index is 11.4. The first-order chi connectivity index (χ1) is 7.74. The number of hydrogen-bond donors (Lipinski definition) is 1. The van der Waals surface area contributed by atoms with Crippen LogP contribution in [0, 0.1) is 6.92 Å². The van der Waals surface area contributed by atoms with Gasteiger partial charge in [-0.15, -0.1) is 0 Å². The van der Waals surface area contributed by atoms with Crippen LogP contribution in [0.5, 0.6) is 0 Å². The molecule has 0 aliphatic rings. The van der Waals surface area contributed by atoms with Crippen LogP contribution in [0.2, 0.25) is 0 Å². The summed E-state index contributed by atoms with van der Waals surface area (Å²) in [6, 6.07) is 3.72. The molecule has 1 aromatic rings. The molecule has 3 nitrogen and oxygen atoms in total. The fourth-order valence-corrected chi connectivity index (χ4v) is 3.61. The number of sulfone groups is 1. The lowest BCUT2D eigenvalue weighted by molar-refractivity contribution is 0.578. The highest BCUT2D eigenvalue weighted by Crippen LogP contribution is 2.30. The predicted octanol–water partition coefficient (Wildman–Crippen LogP) is 2.83. The van der Waals surface area contributed by atoms with Gasteiger partial charge in [-0.05, 0) is 37.2 Å². The van der Waals surface area contributed by atoms with Crippen LogP contribution in [0.25, 0.3) is 0 Å². The molecule has 0 fully saturated rings. The molecule has 0 amide bonds. The molecule has 1 atom stereocenters. The second kappa shape index (κ2) is 5.82. The van der Waals surface area contributed by atoms with E-state index in [0.29, 0.717) is 0 Å². The predicted molar refractivity (Wildman–Crippen MR) is 78.1 cm³/mol. The average molecular weight is 385 g/mol. The molecule has 96 valence electrons. The molecule has 1 N–H and O–H groups in total. The third kappa shape index (κ3) is 4.35. The normalized spacial score (nSPS) is 13.7. The van der Waals surface area contributed by atoms with Crippen LogP contribution in [0.3, 0.4) is 0 Å². The van der Waals surface area contributed by atoms with Crippen LogP contribution < -0.4 is 5.32 Å². The minimum Gasteiger partial charge on any atom is -0.312 e. The van der Waals surface area contributed by atoms with Gasteiger partial charge in [-0.2, -0.15) is 0 Å². The van der Waals surface area contributed by atoms with Gasteiger partial charge in [-0.3, -0.25) is 0 Å². The van der Waals surface area contributed by atoms with Crippen molar-refractivity contribution in [3.05, 3.63) is 32.2 Å². The molecule has 0 heterocycles. The van der Waals surface area contributed by atoms with Crippen molar-refractivity contribution in [2.45, 2.75) is 13.0 Å². The largest absolute Gasteiger partial charge is 0.312 e. The van der Waals surface area contributed by atoms with Crippen molar-refractivity contribution in [1.29, 1.82) is 0 Å². The van der Waals surface area contributed by atoms with Crippen LogP contribution in [-0.2, 0) is 9.84 Å². The van der Waals surface area contributed by atoms with E-state index in [9.17, 15) is 8.42 Å². The smallest absolute Gasteiger partial charge is 0.149 e. The number of nitrogens with one attached hydrogen (secondary N) is 1. The van der Waals surface area contributed by atoms with Gasteiger partial charge in [0.15, 0.2) is 0 Å². The molecule has 0 radical (unpaired) electrons. The zero-order chi connectivity index (χ0) is 13.2. The van der Waals surface area contributed by atoms with Gasteiger partial charge in [0.05, 0.1) is 5.75 Å². The molecule has 0 aromatic heterocycles. The second-order valence-electron chi connectivity index (χ2n) is 4.06. The maximum atomic E-state index is 11.4. The standard InChI is InChI=1S/C11H15Br2NO2S/c1-7-4-10(13)8(5-9(7)12)11(14-2)6-17(3,15)16/h4-5,11,14H,6H2,1-3H3. The van der Waals surface area contributed by atoms with E-state index in [1.807, 2.05) is 19.1 Å². The van der Waals surface area contributed by atoms with E-state index in [-0.39, 0.29) is 11.8 Å². The van der Waals surface area contributed by atoms with Crippen molar-refractivity contribution in [2.24, 2.45) is 0 Å². The van der Waals surface area contributed by atoms with Gasteiger partial charge in [0.1, 0.15) is 9.84 Å². The van der Waals surface area contributed by atoms with E-state index in [0.717, 1.165) is 20.1 Å². The maximum Gasteiger partial charge on any atom is 0.149 e. The first-order valence-corrected chi connectivity index (χ1v) is 8.70. The Kier molecular flexibility index (Phi) is 5.19. The van der Waals surface area contributed by atoms with E-state index in [1.165, 1.54) is 6.26 Å². The Bertz CT molecular complexity index is 514. The lowest BCUT2D eigenvalue weighted by Gasteiger charge is -2.18. The number of aryl methyl sites for hydroxylation is 1. The summed E-state index contributed by atoms with van der Waals surface area (Å²) < 4.78 is 24.6. The number of benzene rings is 1. The Balaban J connectivity index is 3.17. The van der Waals surface area contributed by atoms with Gasteiger partial charge in [-0.25, -0.2) is 8.42 Å². The Hall–Kier alpha value is 0.0900. The van der Waals surface area contributed by atoms with Crippen molar-refractivity contribution < 1.29 is 8.42 Å². The van der Waals surface area contributed by atoms with Crippen molar-refractivity contribution in [3.8, 4) is 0 Å². The average Bonchev–Trinajstić information content (AvgIpc) is 2.19. The fourth-order valence-electron chi connectivity index (χ4n) is 1.56. The third-order valence-electron chi connectivity index (χ3n) is 2.47. The van der Waals surface area contributed by atoms with Crippen LogP contribution in [0.4, 0.5) is 0 Å². The second-order valence-corrected chi connectivity index (χ2v) is 7.95. The van der Waals surface area contributed by atoms with Crippen molar-refractivity contribution >= 4 is 41.7 Å². The summed E-state index contributed by atoms with van der Waals surface area (Å²) in [5.41, 5.74) is 2.05. The summed E-state index contributed by atoms with van der Waals surface area (Å²) in [6.45, 7) is 1.99. The molecule has 0 aliphatic carbocycles. The van der Waals surface area contributed by atoms with Crippen molar-refractivity contribution in [2.75, 3.05) is 19.1 Å². The molecule has 0 bridgehead atoms. The third-order valence-corrected chi connectivity index (χ3v) is 4.95. The first kappa shape index (κ1) is 15.1. The highest BCUT2D eigenvalue weighted by atomic mass is 79.9. The Morgan fingerprint density at radius 2 is 1.88 bits per heavy atom. The van der Waals surface area contributed by atoms with Gasteiger partial charge in [0.2, 0.25) is 0 Å². The van der Waals surface area contributed by atoms with E-state index in [4.69, 9.17) is 0 Å². The van der Waals surface area contributed by atoms with Crippen LogP contribution >= 0.6 is 31.9 Å². The van der Waals surface area contributed by atoms with Gasteiger partial charge in [0, 0.05) is 21.2 Å². The Morgan fingerprint density at radius 3 is 2.35 bits per heavy atom. The molecule has 0 spiro atoms. The quantitative estimate of drug-likeness (QED) is 0.868. The lowest BCUT2D eigenvalue weighted by atomic mass is 10.1. The van der Waals surface area contributed by atoms with Crippen LogP contribution in [-0.4, -0.2) is 27.5 Å². The molecular weight excluding hydrogens is 370 g/mol. The lowest BCUT2D eigenvalue weighted by Crippen LogP contribution is -2.25. The van der Waals surface area contributed by atoms with Gasteiger partial charge in [0.25, 0.3) is 0 Å². The zero-order valence-electron chi connectivity index (χ0n) is 9.92. The molecular formula is C11H15Br2NO2S. The topological polar surface area (TPSA) is 46.2 Å². The monoisotopic (exact) mass is 383 g/mol. The summed E-state index contributed by atoms with van der Waals surface area (Å²) >= 11 is 6.93. The fraction of sp³-hybridized carbons (Fsp3) is 0.455. The van der Waals surface area contributed by atoms with Crippen molar-refractivity contribution in [1.82, 2.24) is 5.32 Å². The SMILES string of the molecule is CNC(CS(C)(=O)=O)c1cc(Br)c(C)cc1Br. The minimum absolute atomic E-state index is 0.0810.